The molecule has 1 nitrogen and oxygen atoms in total. The predicted molar refractivity (Wildman–Crippen MR) is 41.4 cm³/mol. The molecule has 0 aromatic rings. The summed E-state index contributed by atoms with van der Waals surface area (Å²) in [6.45, 7) is 0. The number of nitrogens with zero attached hydrogens (tertiary/aromatic N) is 1. The van der Waals surface area contributed by atoms with Crippen molar-refractivity contribution < 1.29 is 0 Å². The Morgan fingerprint density at radius 2 is 2.20 bits per heavy atom. The largest absolute Gasteiger partial charge is 0.192 e. The summed E-state index contributed by atoms with van der Waals surface area (Å²) in [5.41, 5.74) is 0.673. The van der Waals surface area contributed by atoms with E-state index in [1.54, 1.807) is 12.2 Å². The number of hydrogen-bond acceptors (Lipinski definition) is 1. The number of rotatable bonds is 0. The molecule has 1 rings (SSSR count). The number of allylic oxidation sites excluding steroid dienone is 6. The summed E-state index contributed by atoms with van der Waals surface area (Å²) in [4.78, 5) is 0. The molecule has 0 aromatic carbocycles. The lowest BCUT2D eigenvalue weighted by Crippen LogP contribution is -1.66. The minimum absolute atomic E-state index is 0.673. The van der Waals surface area contributed by atoms with Crippen LogP contribution in [0.2, 0.25) is 0 Å². The van der Waals surface area contributed by atoms with Crippen LogP contribution in [0.1, 0.15) is 6.42 Å². The van der Waals surface area contributed by atoms with Crippen molar-refractivity contribution in [2.24, 2.45) is 0 Å². The molecule has 0 unspecified atom stereocenters. The van der Waals surface area contributed by atoms with Crippen molar-refractivity contribution in [2.45, 2.75) is 6.42 Å². The van der Waals surface area contributed by atoms with E-state index in [2.05, 4.69) is 0 Å². The van der Waals surface area contributed by atoms with Crippen molar-refractivity contribution in [2.75, 3.05) is 0 Å². The summed E-state index contributed by atoms with van der Waals surface area (Å²) in [5.74, 6) is 0. The lowest BCUT2D eigenvalue weighted by molar-refractivity contribution is 1.37. The molecule has 0 aromatic heterocycles. The zero-order valence-corrected chi connectivity index (χ0v) is 6.10. The van der Waals surface area contributed by atoms with E-state index in [0.717, 1.165) is 6.42 Å². The maximum atomic E-state index is 8.47. The monoisotopic (exact) mass is 151 g/mol. The van der Waals surface area contributed by atoms with Gasteiger partial charge in [-0.05, 0) is 18.6 Å². The van der Waals surface area contributed by atoms with Gasteiger partial charge in [0.05, 0.1) is 6.07 Å². The predicted octanol–water partition coefficient (Wildman–Crippen LogP) is 2.52. The third-order valence-electron chi connectivity index (χ3n) is 1.20. The van der Waals surface area contributed by atoms with Crippen LogP contribution in [-0.4, -0.2) is 0 Å². The minimum Gasteiger partial charge on any atom is -0.192 e. The lowest BCUT2D eigenvalue weighted by atomic mass is 10.2. The molecule has 0 amide bonds. The van der Waals surface area contributed by atoms with Gasteiger partial charge in [-0.25, -0.2) is 0 Å². The molecular formula is C8H6ClN. The van der Waals surface area contributed by atoms with E-state index in [4.69, 9.17) is 16.9 Å². The van der Waals surface area contributed by atoms with Gasteiger partial charge in [0.25, 0.3) is 0 Å². The first-order valence-corrected chi connectivity index (χ1v) is 3.35. The molecule has 0 bridgehead atoms. The van der Waals surface area contributed by atoms with Crippen molar-refractivity contribution in [1.82, 2.24) is 0 Å². The minimum atomic E-state index is 0.673. The molecule has 0 saturated heterocycles. The fourth-order valence-corrected chi connectivity index (χ4v) is 0.839. The van der Waals surface area contributed by atoms with Gasteiger partial charge in [-0.15, -0.1) is 0 Å². The average molecular weight is 152 g/mol. The van der Waals surface area contributed by atoms with Gasteiger partial charge in [0.15, 0.2) is 0 Å². The van der Waals surface area contributed by atoms with Crippen LogP contribution < -0.4 is 0 Å². The molecule has 2 heteroatoms. The quantitative estimate of drug-likeness (QED) is 0.522. The number of hydrogen-bond donors (Lipinski definition) is 0. The van der Waals surface area contributed by atoms with E-state index < -0.39 is 0 Å². The van der Waals surface area contributed by atoms with Crippen LogP contribution in [-0.2, 0) is 0 Å². The Hall–Kier alpha value is -1.00. The Labute approximate surface area is 64.9 Å². The molecule has 0 saturated carbocycles. The average Bonchev–Trinajstić information content (AvgIpc) is 2.14. The van der Waals surface area contributed by atoms with Crippen LogP contribution in [0.3, 0.4) is 0 Å². The van der Waals surface area contributed by atoms with Crippen LogP contribution in [0.25, 0.3) is 0 Å². The zero-order chi connectivity index (χ0) is 7.40. The highest BCUT2D eigenvalue weighted by Crippen LogP contribution is 2.12. The van der Waals surface area contributed by atoms with E-state index in [0.29, 0.717) is 10.6 Å². The van der Waals surface area contributed by atoms with E-state index in [9.17, 15) is 0 Å². The first-order chi connectivity index (χ1) is 4.83. The van der Waals surface area contributed by atoms with Gasteiger partial charge < -0.3 is 0 Å². The van der Waals surface area contributed by atoms with Crippen LogP contribution in [0, 0.1) is 11.3 Å². The highest BCUT2D eigenvalue weighted by molar-refractivity contribution is 6.31. The molecule has 1 aliphatic rings. The van der Waals surface area contributed by atoms with Gasteiger partial charge >= 0.3 is 0 Å². The molecule has 0 heterocycles. The summed E-state index contributed by atoms with van der Waals surface area (Å²) in [6.07, 6.45) is 7.89. The van der Waals surface area contributed by atoms with E-state index >= 15 is 0 Å². The molecule has 10 heavy (non-hydrogen) atoms. The van der Waals surface area contributed by atoms with Crippen LogP contribution in [0.15, 0.2) is 34.9 Å². The van der Waals surface area contributed by atoms with Gasteiger partial charge in [0.2, 0.25) is 0 Å². The van der Waals surface area contributed by atoms with E-state index in [-0.39, 0.29) is 0 Å². The summed E-state index contributed by atoms with van der Waals surface area (Å²) >= 11 is 5.67. The lowest BCUT2D eigenvalue weighted by Gasteiger charge is -1.79. The van der Waals surface area contributed by atoms with Crippen molar-refractivity contribution in [3.8, 4) is 6.07 Å². The van der Waals surface area contributed by atoms with Gasteiger partial charge in [-0.1, -0.05) is 23.8 Å². The Morgan fingerprint density at radius 1 is 1.40 bits per heavy atom. The molecule has 0 radical (unpaired) electrons. The fourth-order valence-electron chi connectivity index (χ4n) is 0.687. The summed E-state index contributed by atoms with van der Waals surface area (Å²) < 4.78 is 0. The molecule has 0 atom stereocenters. The Bertz CT molecular complexity index is 253. The van der Waals surface area contributed by atoms with E-state index in [1.165, 1.54) is 0 Å². The SMILES string of the molecule is N#CC1=CCC=C(Cl)C=C1. The van der Waals surface area contributed by atoms with Crippen molar-refractivity contribution in [1.29, 1.82) is 5.26 Å². The highest BCUT2D eigenvalue weighted by Gasteiger charge is 1.93. The number of nitriles is 1. The zero-order valence-electron chi connectivity index (χ0n) is 5.34. The first-order valence-electron chi connectivity index (χ1n) is 2.97. The normalized spacial score (nSPS) is 16.8. The van der Waals surface area contributed by atoms with Gasteiger partial charge in [-0.2, -0.15) is 5.26 Å². The third kappa shape index (κ3) is 1.75. The summed E-state index contributed by atoms with van der Waals surface area (Å²) in [6, 6.07) is 2.05. The topological polar surface area (TPSA) is 23.8 Å². The van der Waals surface area contributed by atoms with Crippen LogP contribution in [0.5, 0.6) is 0 Å². The smallest absolute Gasteiger partial charge is 0.0988 e. The molecular weight excluding hydrogens is 146 g/mol. The molecule has 0 spiro atoms. The molecule has 1 aliphatic carbocycles. The molecule has 0 aliphatic heterocycles. The fraction of sp³-hybridized carbons (Fsp3) is 0.125. The first kappa shape index (κ1) is 7.11. The number of halogens is 1. The second-order valence-corrected chi connectivity index (χ2v) is 2.37. The second-order valence-electron chi connectivity index (χ2n) is 1.93. The molecule has 50 valence electrons. The van der Waals surface area contributed by atoms with Crippen LogP contribution >= 0.6 is 11.6 Å². The van der Waals surface area contributed by atoms with Crippen molar-refractivity contribution in [3.05, 3.63) is 34.9 Å². The second kappa shape index (κ2) is 3.24. The summed E-state index contributed by atoms with van der Waals surface area (Å²) in [7, 11) is 0. The maximum Gasteiger partial charge on any atom is 0.0988 e. The van der Waals surface area contributed by atoms with E-state index in [1.807, 2.05) is 18.2 Å². The standard InChI is InChI=1S/C8H6ClN/c9-8-3-1-2-7(6-10)4-5-8/h2-5H,1H2. The molecule has 0 fully saturated rings. The Balaban J connectivity index is 2.82. The Morgan fingerprint density at radius 3 is 2.90 bits per heavy atom. The Kier molecular flexibility index (Phi) is 2.30. The molecule has 0 N–H and O–H groups in total. The van der Waals surface area contributed by atoms with Gasteiger partial charge in [-0.3, -0.25) is 0 Å². The maximum absolute atomic E-state index is 8.47. The van der Waals surface area contributed by atoms with Gasteiger partial charge in [0, 0.05) is 10.6 Å². The van der Waals surface area contributed by atoms with Crippen molar-refractivity contribution in [3.63, 3.8) is 0 Å². The van der Waals surface area contributed by atoms with Crippen molar-refractivity contribution >= 4 is 11.6 Å². The van der Waals surface area contributed by atoms with Gasteiger partial charge in [0.1, 0.15) is 0 Å². The highest BCUT2D eigenvalue weighted by atomic mass is 35.5. The summed E-state index contributed by atoms with van der Waals surface area (Å²) in [5, 5.41) is 9.16. The third-order valence-corrected chi connectivity index (χ3v) is 1.48. The van der Waals surface area contributed by atoms with Crippen LogP contribution in [0.4, 0.5) is 0 Å².